The van der Waals surface area contributed by atoms with E-state index in [-0.39, 0.29) is 5.91 Å². The van der Waals surface area contributed by atoms with E-state index in [2.05, 4.69) is 16.3 Å². The van der Waals surface area contributed by atoms with Gasteiger partial charge in [-0.25, -0.2) is 4.39 Å². The number of carbonyl (C=O) groups is 1. The van der Waals surface area contributed by atoms with Crippen molar-refractivity contribution in [1.82, 2.24) is 4.90 Å². The van der Waals surface area contributed by atoms with Crippen LogP contribution in [0.5, 0.6) is 0 Å². The van der Waals surface area contributed by atoms with Gasteiger partial charge in [-0.3, -0.25) is 9.69 Å². The van der Waals surface area contributed by atoms with Crippen molar-refractivity contribution in [3.8, 4) is 0 Å². The van der Waals surface area contributed by atoms with Crippen LogP contribution < -0.4 is 10.2 Å². The number of anilines is 2. The Morgan fingerprint density at radius 2 is 1.88 bits per heavy atom. The zero-order valence-corrected chi connectivity index (χ0v) is 15.5. The summed E-state index contributed by atoms with van der Waals surface area (Å²) in [6, 6.07) is 12.4. The molecule has 2 aromatic carbocycles. The van der Waals surface area contributed by atoms with Crippen LogP contribution in [0.1, 0.15) is 35.2 Å². The smallest absolute Gasteiger partial charge is 0.255 e. The molecule has 1 fully saturated rings. The lowest BCUT2D eigenvalue weighted by atomic mass is 10.1. The van der Waals surface area contributed by atoms with Crippen LogP contribution in [-0.4, -0.2) is 38.0 Å². The van der Waals surface area contributed by atoms with E-state index in [0.29, 0.717) is 11.3 Å². The molecule has 1 aliphatic rings. The number of piperidine rings is 1. The Morgan fingerprint density at radius 3 is 2.58 bits per heavy atom. The molecule has 1 saturated heterocycles. The van der Waals surface area contributed by atoms with E-state index in [9.17, 15) is 9.18 Å². The van der Waals surface area contributed by atoms with Crippen molar-refractivity contribution in [3.05, 3.63) is 59.4 Å². The van der Waals surface area contributed by atoms with Crippen LogP contribution >= 0.6 is 0 Å². The van der Waals surface area contributed by atoms with Crippen LogP contribution in [0, 0.1) is 5.82 Å². The summed E-state index contributed by atoms with van der Waals surface area (Å²) < 4.78 is 14.1. The van der Waals surface area contributed by atoms with Gasteiger partial charge in [0.2, 0.25) is 0 Å². The van der Waals surface area contributed by atoms with Gasteiger partial charge in [-0.05, 0) is 61.8 Å². The first kappa shape index (κ1) is 18.4. The fourth-order valence-corrected chi connectivity index (χ4v) is 3.34. The van der Waals surface area contributed by atoms with Gasteiger partial charge in [0, 0.05) is 31.9 Å². The molecule has 1 aliphatic heterocycles. The summed E-state index contributed by atoms with van der Waals surface area (Å²) in [6.07, 6.45) is 3.83. The number of halogens is 1. The summed E-state index contributed by atoms with van der Waals surface area (Å²) in [6.45, 7) is 3.16. The van der Waals surface area contributed by atoms with Gasteiger partial charge in [0.25, 0.3) is 5.91 Å². The van der Waals surface area contributed by atoms with Gasteiger partial charge in [-0.1, -0.05) is 18.6 Å². The van der Waals surface area contributed by atoms with Crippen molar-refractivity contribution in [3.63, 3.8) is 0 Å². The molecular formula is C21H26FN3O. The molecule has 0 radical (unpaired) electrons. The molecule has 1 amide bonds. The Labute approximate surface area is 154 Å². The minimum Gasteiger partial charge on any atom is -0.375 e. The Morgan fingerprint density at radius 1 is 1.12 bits per heavy atom. The Bertz CT molecular complexity index is 770. The molecule has 0 unspecified atom stereocenters. The maximum Gasteiger partial charge on any atom is 0.255 e. The average Bonchev–Trinajstić information content (AvgIpc) is 2.62. The third-order valence-electron chi connectivity index (χ3n) is 4.73. The second kappa shape index (κ2) is 8.32. The van der Waals surface area contributed by atoms with E-state index >= 15 is 0 Å². The minimum atomic E-state index is -0.401. The van der Waals surface area contributed by atoms with Gasteiger partial charge in [0.15, 0.2) is 0 Å². The molecule has 1 N–H and O–H groups in total. The van der Waals surface area contributed by atoms with E-state index in [1.165, 1.54) is 30.9 Å². The highest BCUT2D eigenvalue weighted by atomic mass is 19.1. The lowest BCUT2D eigenvalue weighted by molar-refractivity contribution is 0.102. The third-order valence-corrected chi connectivity index (χ3v) is 4.73. The van der Waals surface area contributed by atoms with Crippen LogP contribution in [0.3, 0.4) is 0 Å². The van der Waals surface area contributed by atoms with Crippen LogP contribution in [0.4, 0.5) is 15.8 Å². The molecule has 0 saturated carbocycles. The molecule has 138 valence electrons. The monoisotopic (exact) mass is 355 g/mol. The summed E-state index contributed by atoms with van der Waals surface area (Å²) in [4.78, 5) is 16.6. The summed E-state index contributed by atoms with van der Waals surface area (Å²) >= 11 is 0. The molecular weight excluding hydrogens is 329 g/mol. The summed E-state index contributed by atoms with van der Waals surface area (Å²) in [7, 11) is 3.54. The topological polar surface area (TPSA) is 35.6 Å². The second-order valence-corrected chi connectivity index (χ2v) is 7.05. The van der Waals surface area contributed by atoms with E-state index in [4.69, 9.17) is 0 Å². The lowest BCUT2D eigenvalue weighted by Crippen LogP contribution is -2.29. The van der Waals surface area contributed by atoms with Crippen LogP contribution in [0.15, 0.2) is 42.5 Å². The van der Waals surface area contributed by atoms with Gasteiger partial charge in [-0.2, -0.15) is 0 Å². The number of benzene rings is 2. The zero-order chi connectivity index (χ0) is 18.5. The second-order valence-electron chi connectivity index (χ2n) is 7.05. The van der Waals surface area contributed by atoms with Crippen molar-refractivity contribution in [2.45, 2.75) is 25.8 Å². The molecule has 0 aliphatic carbocycles. The molecule has 4 nitrogen and oxygen atoms in total. The minimum absolute atomic E-state index is 0.302. The zero-order valence-electron chi connectivity index (χ0n) is 15.5. The molecule has 0 spiro atoms. The summed E-state index contributed by atoms with van der Waals surface area (Å²) in [5, 5.41) is 2.87. The van der Waals surface area contributed by atoms with Crippen molar-refractivity contribution in [1.29, 1.82) is 0 Å². The first-order chi connectivity index (χ1) is 12.5. The van der Waals surface area contributed by atoms with Gasteiger partial charge in [0.05, 0.1) is 5.69 Å². The highest BCUT2D eigenvalue weighted by Gasteiger charge is 2.13. The quantitative estimate of drug-likeness (QED) is 0.876. The standard InChI is InChI=1S/C21H26FN3O/c1-24(2)20-10-9-17(14-19(20)22)21(26)23-18-8-6-7-16(13-18)15-25-11-4-3-5-12-25/h6-10,13-14H,3-5,11-12,15H2,1-2H3,(H,23,26). The van der Waals surface area contributed by atoms with Crippen LogP contribution in [-0.2, 0) is 6.54 Å². The first-order valence-electron chi connectivity index (χ1n) is 9.12. The molecule has 2 aromatic rings. The average molecular weight is 355 g/mol. The lowest BCUT2D eigenvalue weighted by Gasteiger charge is -2.26. The van der Waals surface area contributed by atoms with Gasteiger partial charge in [-0.15, -0.1) is 0 Å². The third kappa shape index (κ3) is 4.61. The summed E-state index contributed by atoms with van der Waals surface area (Å²) in [5.41, 5.74) is 2.69. The number of carbonyl (C=O) groups excluding carboxylic acids is 1. The van der Waals surface area contributed by atoms with Crippen molar-refractivity contribution in [2.75, 3.05) is 37.4 Å². The van der Waals surface area contributed by atoms with Gasteiger partial charge >= 0.3 is 0 Å². The van der Waals surface area contributed by atoms with Gasteiger partial charge in [0.1, 0.15) is 5.82 Å². The number of amides is 1. The number of nitrogens with zero attached hydrogens (tertiary/aromatic N) is 2. The Balaban J connectivity index is 1.67. The molecule has 3 rings (SSSR count). The first-order valence-corrected chi connectivity index (χ1v) is 9.12. The maximum absolute atomic E-state index is 14.1. The van der Waals surface area contributed by atoms with E-state index < -0.39 is 5.82 Å². The van der Waals surface area contributed by atoms with Crippen molar-refractivity contribution in [2.24, 2.45) is 0 Å². The molecule has 0 aromatic heterocycles. The fourth-order valence-electron chi connectivity index (χ4n) is 3.34. The molecule has 1 heterocycles. The normalized spacial score (nSPS) is 14.9. The van der Waals surface area contributed by atoms with Crippen molar-refractivity contribution >= 4 is 17.3 Å². The van der Waals surface area contributed by atoms with Gasteiger partial charge < -0.3 is 10.2 Å². The highest BCUT2D eigenvalue weighted by molar-refractivity contribution is 6.04. The van der Waals surface area contributed by atoms with E-state index in [0.717, 1.165) is 25.3 Å². The predicted octanol–water partition coefficient (Wildman–Crippen LogP) is 4.13. The largest absolute Gasteiger partial charge is 0.375 e. The predicted molar refractivity (Wildman–Crippen MR) is 104 cm³/mol. The van der Waals surface area contributed by atoms with E-state index in [1.54, 1.807) is 31.1 Å². The summed E-state index contributed by atoms with van der Waals surface area (Å²) in [5.74, 6) is -0.703. The number of rotatable bonds is 5. The SMILES string of the molecule is CN(C)c1ccc(C(=O)Nc2cccc(CN3CCCCC3)c2)cc1F. The molecule has 26 heavy (non-hydrogen) atoms. The van der Waals surface area contributed by atoms with E-state index in [1.807, 2.05) is 18.2 Å². The Hall–Kier alpha value is -2.40. The number of nitrogens with one attached hydrogen (secondary N) is 1. The van der Waals surface area contributed by atoms with Crippen molar-refractivity contribution < 1.29 is 9.18 Å². The molecule has 5 heteroatoms. The number of likely N-dealkylation sites (tertiary alicyclic amines) is 1. The fraction of sp³-hybridized carbons (Fsp3) is 0.381. The highest BCUT2D eigenvalue weighted by Crippen LogP contribution is 2.20. The molecule has 0 atom stereocenters. The maximum atomic E-state index is 14.1. The number of hydrogen-bond acceptors (Lipinski definition) is 3. The van der Waals surface area contributed by atoms with Crippen LogP contribution in [0.25, 0.3) is 0 Å². The molecule has 0 bridgehead atoms. The number of hydrogen-bond donors (Lipinski definition) is 1. The Kier molecular flexibility index (Phi) is 5.89. The van der Waals surface area contributed by atoms with Crippen LogP contribution in [0.2, 0.25) is 0 Å².